The van der Waals surface area contributed by atoms with Crippen LogP contribution in [0.5, 0.6) is 0 Å². The van der Waals surface area contributed by atoms with Gasteiger partial charge in [-0.05, 0) is 30.7 Å². The number of nitrogens with two attached hydrogens (primary N) is 1. The van der Waals surface area contributed by atoms with Crippen LogP contribution in [-0.4, -0.2) is 35.2 Å². The Hall–Kier alpha value is -3.55. The van der Waals surface area contributed by atoms with Crippen molar-refractivity contribution in [2.24, 2.45) is 10.7 Å². The van der Waals surface area contributed by atoms with E-state index in [0.717, 1.165) is 12.1 Å². The van der Waals surface area contributed by atoms with Crippen LogP contribution in [-0.2, 0) is 16.7 Å². The molecule has 0 unspecified atom stereocenters. The minimum atomic E-state index is -4.93. The lowest BCUT2D eigenvalue weighted by Crippen LogP contribution is -2.56. The van der Waals surface area contributed by atoms with Crippen molar-refractivity contribution in [3.8, 4) is 0 Å². The number of amidine groups is 1. The van der Waals surface area contributed by atoms with Crippen molar-refractivity contribution in [1.29, 1.82) is 0 Å². The predicted molar refractivity (Wildman–Crippen MR) is 104 cm³/mol. The number of alkyl halides is 4. The van der Waals surface area contributed by atoms with Crippen molar-refractivity contribution in [2.75, 3.05) is 6.67 Å². The summed E-state index contributed by atoms with van der Waals surface area (Å²) in [5, 5.41) is 0. The fourth-order valence-corrected chi connectivity index (χ4v) is 3.49. The number of carbonyl (C=O) groups is 1. The second-order valence-electron chi connectivity index (χ2n) is 7.55. The number of nitrogens with zero attached hydrogens (tertiary/aromatic N) is 3. The smallest absolute Gasteiger partial charge is 0.428 e. The molecule has 2 N–H and O–H groups in total. The molecule has 2 atom stereocenters. The molecular weight excluding hydrogens is 435 g/mol. The number of aromatic nitrogens is 1. The Labute approximate surface area is 179 Å². The molecule has 0 saturated heterocycles. The minimum absolute atomic E-state index is 0.0430. The third kappa shape index (κ3) is 4.26. The Morgan fingerprint density at radius 2 is 2.03 bits per heavy atom. The lowest BCUT2D eigenvalue weighted by Gasteiger charge is -2.42. The number of rotatable bonds is 5. The number of hydrogen-bond acceptors (Lipinski definition) is 5. The van der Waals surface area contributed by atoms with Crippen LogP contribution in [0.1, 0.15) is 35.0 Å². The first-order valence-electron chi connectivity index (χ1n) is 9.26. The van der Waals surface area contributed by atoms with Gasteiger partial charge in [-0.1, -0.05) is 12.1 Å². The molecule has 3 rings (SSSR count). The zero-order valence-corrected chi connectivity index (χ0v) is 16.7. The van der Waals surface area contributed by atoms with Gasteiger partial charge < -0.3 is 10.5 Å². The Morgan fingerprint density at radius 3 is 2.59 bits per heavy atom. The molecule has 0 fully saturated rings. The first-order valence-corrected chi connectivity index (χ1v) is 9.26. The van der Waals surface area contributed by atoms with Gasteiger partial charge in [0.1, 0.15) is 23.7 Å². The van der Waals surface area contributed by atoms with Crippen LogP contribution in [0, 0.1) is 12.4 Å². The van der Waals surface area contributed by atoms with Gasteiger partial charge in [-0.2, -0.15) is 13.2 Å². The average molecular weight is 452 g/mol. The van der Waals surface area contributed by atoms with Crippen molar-refractivity contribution in [3.05, 3.63) is 70.6 Å². The van der Waals surface area contributed by atoms with Gasteiger partial charge in [0.05, 0.1) is 6.57 Å². The molecule has 0 amide bonds. The summed E-state index contributed by atoms with van der Waals surface area (Å²) in [4.78, 5) is 23.2. The number of ketones is 1. The highest BCUT2D eigenvalue weighted by Crippen LogP contribution is 2.47. The first-order chi connectivity index (χ1) is 14.9. The fourth-order valence-electron chi connectivity index (χ4n) is 3.49. The number of carbonyl (C=O) groups excluding carboxylic acids is 1. The third-order valence-corrected chi connectivity index (χ3v) is 5.16. The summed E-state index contributed by atoms with van der Waals surface area (Å²) in [7, 11) is 0. The molecule has 1 aliphatic heterocycles. The molecule has 1 aromatic carbocycles. The van der Waals surface area contributed by atoms with Crippen LogP contribution in [0.3, 0.4) is 0 Å². The summed E-state index contributed by atoms with van der Waals surface area (Å²) in [5.41, 5.74) is 0.262. The number of pyridine rings is 1. The Balaban J connectivity index is 1.98. The van der Waals surface area contributed by atoms with Crippen LogP contribution in [0.4, 0.5) is 27.6 Å². The molecule has 0 saturated carbocycles. The summed E-state index contributed by atoms with van der Waals surface area (Å²) >= 11 is 0. The van der Waals surface area contributed by atoms with Gasteiger partial charge in [-0.25, -0.2) is 18.6 Å². The molecule has 1 aliphatic rings. The maximum atomic E-state index is 14.7. The molecule has 2 aromatic rings. The van der Waals surface area contributed by atoms with Gasteiger partial charge in [0.25, 0.3) is 6.02 Å². The summed E-state index contributed by atoms with van der Waals surface area (Å²) in [6.07, 6.45) is -5.05. The largest absolute Gasteiger partial charge is 0.449 e. The van der Waals surface area contributed by atoms with Gasteiger partial charge in [-0.3, -0.25) is 9.78 Å². The maximum absolute atomic E-state index is 14.7. The number of ether oxygens (including phenoxy) is 1. The second-order valence-corrected chi connectivity index (χ2v) is 7.55. The summed E-state index contributed by atoms with van der Waals surface area (Å²) in [6.45, 7) is 6.10. The maximum Gasteiger partial charge on any atom is 0.428 e. The summed E-state index contributed by atoms with van der Waals surface area (Å²) < 4.78 is 74.2. The molecule has 0 aliphatic carbocycles. The summed E-state index contributed by atoms with van der Waals surface area (Å²) in [6, 6.07) is 5.11. The molecule has 32 heavy (non-hydrogen) atoms. The molecule has 2 heterocycles. The van der Waals surface area contributed by atoms with Crippen LogP contribution >= 0.6 is 0 Å². The highest BCUT2D eigenvalue weighted by molar-refractivity contribution is 5.96. The van der Waals surface area contributed by atoms with Gasteiger partial charge in [0, 0.05) is 24.6 Å². The van der Waals surface area contributed by atoms with E-state index in [2.05, 4.69) is 19.6 Å². The number of halogens is 5. The zero-order valence-electron chi connectivity index (χ0n) is 16.7. The van der Waals surface area contributed by atoms with Crippen LogP contribution in [0.25, 0.3) is 4.85 Å². The van der Waals surface area contributed by atoms with E-state index >= 15 is 0 Å². The van der Waals surface area contributed by atoms with Crippen LogP contribution in [0.15, 0.2) is 41.5 Å². The van der Waals surface area contributed by atoms with E-state index in [-0.39, 0.29) is 23.4 Å². The number of aliphatic imine (C=N–C) groups is 1. The standard InChI is InChI=1S/C21H17F5N4O2/c1-19(21(24,25)26)10-20(11-22,30-18(27)32-19)14-7-12(3-5-15(14)23)8-17(31)16-6-4-13(28-2)9-29-16/h3-7,9H,8,10-11H2,1H3,(H2,27,30)/t19-,20+/m0/s1. The van der Waals surface area contributed by atoms with E-state index in [1.807, 2.05) is 0 Å². The van der Waals surface area contributed by atoms with Gasteiger partial charge in [-0.15, -0.1) is 0 Å². The van der Waals surface area contributed by atoms with E-state index in [0.29, 0.717) is 6.92 Å². The Bertz CT molecular complexity index is 1110. The van der Waals surface area contributed by atoms with E-state index < -0.39 is 53.6 Å². The normalized spacial score (nSPS) is 23.1. The van der Waals surface area contributed by atoms with E-state index in [1.165, 1.54) is 24.4 Å². The van der Waals surface area contributed by atoms with Crippen molar-refractivity contribution in [2.45, 2.75) is 37.1 Å². The Kier molecular flexibility index (Phi) is 5.91. The van der Waals surface area contributed by atoms with E-state index in [4.69, 9.17) is 12.3 Å². The van der Waals surface area contributed by atoms with Gasteiger partial charge >= 0.3 is 6.18 Å². The minimum Gasteiger partial charge on any atom is -0.449 e. The molecular formula is C21H17F5N4O2. The zero-order chi connectivity index (χ0) is 23.7. The molecule has 6 nitrogen and oxygen atoms in total. The Morgan fingerprint density at radius 1 is 1.31 bits per heavy atom. The lowest BCUT2D eigenvalue weighted by molar-refractivity contribution is -0.258. The second kappa shape index (κ2) is 8.18. The predicted octanol–water partition coefficient (Wildman–Crippen LogP) is 4.42. The molecule has 168 valence electrons. The van der Waals surface area contributed by atoms with Crippen LogP contribution in [0.2, 0.25) is 0 Å². The third-order valence-electron chi connectivity index (χ3n) is 5.16. The lowest BCUT2D eigenvalue weighted by atomic mass is 9.79. The quantitative estimate of drug-likeness (QED) is 0.414. The SMILES string of the molecule is [C-]#[N+]c1ccc(C(=O)Cc2ccc(F)c([C@]3(CF)C[C@@](C)(C(F)(F)F)OC(N)=N3)c2)nc1. The van der Waals surface area contributed by atoms with Gasteiger partial charge in [0.2, 0.25) is 11.3 Å². The van der Waals surface area contributed by atoms with Crippen molar-refractivity contribution >= 4 is 17.5 Å². The average Bonchev–Trinajstić information content (AvgIpc) is 2.73. The molecule has 1 aromatic heterocycles. The van der Waals surface area contributed by atoms with Crippen molar-refractivity contribution < 1.29 is 31.5 Å². The highest BCUT2D eigenvalue weighted by atomic mass is 19.4. The fraction of sp³-hybridized carbons (Fsp3) is 0.333. The molecule has 0 spiro atoms. The number of Topliss-reactive ketones (excluding diaryl/α,β-unsaturated/α-hetero) is 1. The monoisotopic (exact) mass is 452 g/mol. The van der Waals surface area contributed by atoms with E-state index in [1.54, 1.807) is 0 Å². The molecule has 0 bridgehead atoms. The first kappa shape index (κ1) is 23.1. The van der Waals surface area contributed by atoms with Crippen LogP contribution < -0.4 is 5.73 Å². The van der Waals surface area contributed by atoms with Gasteiger partial charge in [0.15, 0.2) is 5.78 Å². The molecule has 0 radical (unpaired) electrons. The van der Waals surface area contributed by atoms with E-state index in [9.17, 15) is 26.7 Å². The topological polar surface area (TPSA) is 81.9 Å². The van der Waals surface area contributed by atoms with Crippen molar-refractivity contribution in [1.82, 2.24) is 4.98 Å². The highest BCUT2D eigenvalue weighted by Gasteiger charge is 2.61. The number of hydrogen-bond donors (Lipinski definition) is 1. The number of benzene rings is 1. The summed E-state index contributed by atoms with van der Waals surface area (Å²) in [5.74, 6) is -1.48. The van der Waals surface area contributed by atoms with Crippen molar-refractivity contribution in [3.63, 3.8) is 0 Å². The molecule has 11 heteroatoms.